The number of nitrogens with zero attached hydrogens (tertiary/aromatic N) is 2. The highest BCUT2D eigenvalue weighted by Crippen LogP contribution is 2.20. The largest absolute Gasteiger partial charge is 0.331 e. The molecule has 3 heteroatoms. The fraction of sp³-hybridized carbons (Fsp3) is 0.447. The van der Waals surface area contributed by atoms with E-state index in [1.165, 1.54) is 12.0 Å². The van der Waals surface area contributed by atoms with Crippen LogP contribution in [0.4, 0.5) is 0 Å². The van der Waals surface area contributed by atoms with Gasteiger partial charge in [-0.2, -0.15) is 0 Å². The van der Waals surface area contributed by atoms with Crippen LogP contribution in [0.15, 0.2) is 96.6 Å². The minimum Gasteiger partial charge on any atom is -0.331 e. The van der Waals surface area contributed by atoms with Gasteiger partial charge < -0.3 is 9.80 Å². The average molecular weight is 557 g/mol. The second kappa shape index (κ2) is 21.6. The van der Waals surface area contributed by atoms with Crippen LogP contribution < -0.4 is 0 Å². The predicted octanol–water partition coefficient (Wildman–Crippen LogP) is 9.98. The Kier molecular flexibility index (Phi) is 18.9. The van der Waals surface area contributed by atoms with E-state index < -0.39 is 0 Å². The molecule has 1 aliphatic carbocycles. The van der Waals surface area contributed by atoms with Crippen molar-refractivity contribution in [3.05, 3.63) is 113 Å². The number of benzene rings is 2. The summed E-state index contributed by atoms with van der Waals surface area (Å²) in [6.07, 6.45) is 19.0. The van der Waals surface area contributed by atoms with Crippen LogP contribution in [0.5, 0.6) is 0 Å². The number of carbonyl (C=O) groups excluding carboxylic acids is 1. The van der Waals surface area contributed by atoms with Crippen LogP contribution in [-0.4, -0.2) is 41.9 Å². The third-order valence-electron chi connectivity index (χ3n) is 6.94. The molecule has 3 rings (SSSR count). The fourth-order valence-electron chi connectivity index (χ4n) is 4.57. The molecule has 0 radical (unpaired) electrons. The van der Waals surface area contributed by atoms with Gasteiger partial charge in [-0.05, 0) is 86.6 Å². The van der Waals surface area contributed by atoms with Crippen molar-refractivity contribution >= 4 is 12.0 Å². The molecule has 1 atom stereocenters. The number of carbonyl (C=O) groups is 1. The normalized spacial score (nSPS) is 13.2. The molecular formula is C38H56N2O. The molecule has 0 saturated heterocycles. The van der Waals surface area contributed by atoms with Crippen LogP contribution in [0.25, 0.3) is 6.08 Å². The Bertz CT molecular complexity index is 1090. The summed E-state index contributed by atoms with van der Waals surface area (Å²) in [4.78, 5) is 18.2. The lowest BCUT2D eigenvalue weighted by molar-refractivity contribution is 0.0633. The first-order valence-corrected chi connectivity index (χ1v) is 15.8. The molecule has 0 fully saturated rings. The van der Waals surface area contributed by atoms with Crippen molar-refractivity contribution in [1.82, 2.24) is 9.80 Å². The molecule has 1 aliphatic rings. The maximum absolute atomic E-state index is 13.7. The molecule has 1 amide bonds. The summed E-state index contributed by atoms with van der Waals surface area (Å²) in [6.45, 7) is 17.4. The lowest BCUT2D eigenvalue weighted by Gasteiger charge is -2.33. The SMILES string of the molecule is CC.CC.CCC(CCN(C)CCC(C)C)N(Cc1cccc(C=CC2=CC=CC=CC2)c1)C(=O)c1ccccc1. The van der Waals surface area contributed by atoms with E-state index in [-0.39, 0.29) is 11.9 Å². The molecule has 0 spiro atoms. The smallest absolute Gasteiger partial charge is 0.254 e. The Balaban J connectivity index is 0.00000201. The van der Waals surface area contributed by atoms with Crippen molar-refractivity contribution in [2.24, 2.45) is 5.92 Å². The van der Waals surface area contributed by atoms with Crippen molar-refractivity contribution in [1.29, 1.82) is 0 Å². The van der Waals surface area contributed by atoms with E-state index in [2.05, 4.69) is 104 Å². The fourth-order valence-corrected chi connectivity index (χ4v) is 4.57. The number of hydrogen-bond donors (Lipinski definition) is 0. The zero-order valence-electron chi connectivity index (χ0n) is 27.1. The molecule has 0 bridgehead atoms. The molecule has 0 saturated carbocycles. The highest BCUT2D eigenvalue weighted by Gasteiger charge is 2.24. The summed E-state index contributed by atoms with van der Waals surface area (Å²) in [5.41, 5.74) is 4.35. The van der Waals surface area contributed by atoms with Crippen molar-refractivity contribution in [2.75, 3.05) is 20.1 Å². The predicted molar refractivity (Wildman–Crippen MR) is 181 cm³/mol. The lowest BCUT2D eigenvalue weighted by atomic mass is 10.0. The maximum Gasteiger partial charge on any atom is 0.254 e. The molecule has 3 nitrogen and oxygen atoms in total. The molecule has 41 heavy (non-hydrogen) atoms. The summed E-state index contributed by atoms with van der Waals surface area (Å²) in [6, 6.07) is 18.5. The van der Waals surface area contributed by atoms with Gasteiger partial charge in [0, 0.05) is 18.2 Å². The summed E-state index contributed by atoms with van der Waals surface area (Å²) in [7, 11) is 2.20. The average Bonchev–Trinajstić information content (AvgIpc) is 3.30. The second-order valence-corrected chi connectivity index (χ2v) is 10.5. The van der Waals surface area contributed by atoms with Crippen molar-refractivity contribution in [3.63, 3.8) is 0 Å². The molecule has 224 valence electrons. The van der Waals surface area contributed by atoms with Crippen LogP contribution in [0, 0.1) is 5.92 Å². The Hall–Kier alpha value is -3.17. The number of allylic oxidation sites excluding steroid dienone is 7. The van der Waals surface area contributed by atoms with Gasteiger partial charge in [0.25, 0.3) is 5.91 Å². The van der Waals surface area contributed by atoms with E-state index in [0.717, 1.165) is 49.0 Å². The van der Waals surface area contributed by atoms with E-state index in [9.17, 15) is 4.79 Å². The van der Waals surface area contributed by atoms with Crippen LogP contribution in [0.3, 0.4) is 0 Å². The van der Waals surface area contributed by atoms with Crippen LogP contribution in [0.1, 0.15) is 95.6 Å². The Morgan fingerprint density at radius 1 is 0.878 bits per heavy atom. The Morgan fingerprint density at radius 2 is 1.59 bits per heavy atom. The Labute approximate surface area is 252 Å². The minimum absolute atomic E-state index is 0.111. The standard InChI is InChI=1S/C34H44N2O.2C2H6/c1-5-33(23-25-35(4)24-22-28(2)3)36(34(37)32-18-11-8-12-19-32)27-31-17-13-16-30(26-31)21-20-29-14-9-6-7-10-15-29;2*1-2/h6-14,16-21,26,28,33H,5,15,22-25,27H2,1-4H3;2*1-2H3. The molecule has 0 aliphatic heterocycles. The Morgan fingerprint density at radius 3 is 2.27 bits per heavy atom. The van der Waals surface area contributed by atoms with E-state index >= 15 is 0 Å². The number of amides is 1. The zero-order valence-corrected chi connectivity index (χ0v) is 27.1. The van der Waals surface area contributed by atoms with Crippen molar-refractivity contribution in [2.45, 2.75) is 86.7 Å². The lowest BCUT2D eigenvalue weighted by Crippen LogP contribution is -2.41. The first-order valence-electron chi connectivity index (χ1n) is 15.8. The zero-order chi connectivity index (χ0) is 30.5. The van der Waals surface area contributed by atoms with Crippen LogP contribution >= 0.6 is 0 Å². The molecule has 0 heterocycles. The molecular weight excluding hydrogens is 500 g/mol. The van der Waals surface area contributed by atoms with Gasteiger partial charge >= 0.3 is 0 Å². The van der Waals surface area contributed by atoms with Crippen LogP contribution in [-0.2, 0) is 6.54 Å². The highest BCUT2D eigenvalue weighted by molar-refractivity contribution is 5.94. The van der Waals surface area contributed by atoms with Gasteiger partial charge in [-0.15, -0.1) is 0 Å². The van der Waals surface area contributed by atoms with Crippen LogP contribution in [0.2, 0.25) is 0 Å². The van der Waals surface area contributed by atoms with Gasteiger partial charge in [0.2, 0.25) is 0 Å². The quantitative estimate of drug-likeness (QED) is 0.245. The molecule has 0 aromatic heterocycles. The van der Waals surface area contributed by atoms with Crippen molar-refractivity contribution in [3.8, 4) is 0 Å². The molecule has 2 aromatic rings. The molecule has 1 unspecified atom stereocenters. The third-order valence-corrected chi connectivity index (χ3v) is 6.94. The summed E-state index contributed by atoms with van der Waals surface area (Å²) < 4.78 is 0. The maximum atomic E-state index is 13.7. The monoisotopic (exact) mass is 556 g/mol. The van der Waals surface area contributed by atoms with E-state index in [1.807, 2.05) is 58.0 Å². The first-order chi connectivity index (χ1) is 20.0. The molecule has 2 aromatic carbocycles. The van der Waals surface area contributed by atoms with Gasteiger partial charge in [-0.25, -0.2) is 0 Å². The minimum atomic E-state index is 0.111. The second-order valence-electron chi connectivity index (χ2n) is 10.5. The van der Waals surface area contributed by atoms with E-state index in [1.54, 1.807) is 0 Å². The summed E-state index contributed by atoms with van der Waals surface area (Å²) >= 11 is 0. The highest BCUT2D eigenvalue weighted by atomic mass is 16.2. The summed E-state index contributed by atoms with van der Waals surface area (Å²) in [5.74, 6) is 0.814. The summed E-state index contributed by atoms with van der Waals surface area (Å²) in [5, 5.41) is 0. The molecule has 0 N–H and O–H groups in total. The van der Waals surface area contributed by atoms with Gasteiger partial charge in [-0.1, -0.05) is 127 Å². The number of hydrogen-bond acceptors (Lipinski definition) is 2. The third kappa shape index (κ3) is 13.8. The van der Waals surface area contributed by atoms with E-state index in [4.69, 9.17) is 0 Å². The van der Waals surface area contributed by atoms with Gasteiger partial charge in [0.1, 0.15) is 0 Å². The van der Waals surface area contributed by atoms with Gasteiger partial charge in [-0.3, -0.25) is 4.79 Å². The van der Waals surface area contributed by atoms with E-state index in [0.29, 0.717) is 12.5 Å². The topological polar surface area (TPSA) is 23.6 Å². The first kappa shape index (κ1) is 35.9. The van der Waals surface area contributed by atoms with Crippen molar-refractivity contribution < 1.29 is 4.79 Å². The van der Waals surface area contributed by atoms with Gasteiger partial charge in [0.15, 0.2) is 0 Å². The van der Waals surface area contributed by atoms with Gasteiger partial charge in [0.05, 0.1) is 0 Å². The number of rotatable bonds is 13.